The molecule has 0 aliphatic rings. The van der Waals surface area contributed by atoms with E-state index in [0.29, 0.717) is 19.3 Å². The highest BCUT2D eigenvalue weighted by atomic mass is 16.6. The molecule has 0 radical (unpaired) electrons. The number of esters is 3. The zero-order valence-corrected chi connectivity index (χ0v) is 42.8. The zero-order valence-electron chi connectivity index (χ0n) is 42.8. The Bertz CT molecular complexity index is 1080. The van der Waals surface area contributed by atoms with Gasteiger partial charge in [0.25, 0.3) is 0 Å². The van der Waals surface area contributed by atoms with Crippen molar-refractivity contribution in [3.8, 4) is 0 Å². The molecule has 0 rings (SSSR count). The molecule has 374 valence electrons. The van der Waals surface area contributed by atoms with Gasteiger partial charge in [0, 0.05) is 19.3 Å². The van der Waals surface area contributed by atoms with Crippen LogP contribution in [0.25, 0.3) is 0 Å². The second-order valence-electron chi connectivity index (χ2n) is 18.8. The largest absolute Gasteiger partial charge is 0.462 e. The van der Waals surface area contributed by atoms with Crippen LogP contribution in [0, 0.1) is 0 Å². The first-order valence-electron chi connectivity index (χ1n) is 28.0. The molecule has 0 saturated heterocycles. The molecular weight excluding hydrogens is 793 g/mol. The van der Waals surface area contributed by atoms with Gasteiger partial charge in [-0.15, -0.1) is 0 Å². The van der Waals surface area contributed by atoms with Gasteiger partial charge in [-0.3, -0.25) is 14.4 Å². The third-order valence-electron chi connectivity index (χ3n) is 12.4. The summed E-state index contributed by atoms with van der Waals surface area (Å²) in [6.07, 6.45) is 63.5. The highest BCUT2D eigenvalue weighted by molar-refractivity contribution is 5.71. The first-order valence-corrected chi connectivity index (χ1v) is 28.0. The molecule has 0 aliphatic carbocycles. The standard InChI is InChI=1S/C58H106O6/c1-4-7-10-13-15-17-19-21-22-23-24-25-26-27-28-29-30-31-32-33-34-35-37-38-40-42-45-48-51-57(60)63-54-55(53-62-56(59)50-47-44-12-9-6-3)64-58(61)52-49-46-43-41-39-36-20-18-16-14-11-8-5-2/h8,11,16,18,36,39,55H,4-7,9-10,12-15,17,19-35,37-38,40-54H2,1-3H3/b11-8-,18-16-,39-36-. The Morgan fingerprint density at radius 3 is 0.953 bits per heavy atom. The van der Waals surface area contributed by atoms with Crippen molar-refractivity contribution in [1.29, 1.82) is 0 Å². The lowest BCUT2D eigenvalue weighted by Gasteiger charge is -2.18. The van der Waals surface area contributed by atoms with E-state index in [2.05, 4.69) is 57.2 Å². The van der Waals surface area contributed by atoms with Crippen LogP contribution in [0.4, 0.5) is 0 Å². The van der Waals surface area contributed by atoms with E-state index in [1.165, 1.54) is 167 Å². The maximum Gasteiger partial charge on any atom is 0.306 e. The van der Waals surface area contributed by atoms with E-state index in [0.717, 1.165) is 89.9 Å². The average Bonchev–Trinajstić information content (AvgIpc) is 3.29. The van der Waals surface area contributed by atoms with Gasteiger partial charge < -0.3 is 14.2 Å². The summed E-state index contributed by atoms with van der Waals surface area (Å²) in [5, 5.41) is 0. The number of allylic oxidation sites excluding steroid dienone is 6. The van der Waals surface area contributed by atoms with E-state index in [-0.39, 0.29) is 31.1 Å². The fourth-order valence-corrected chi connectivity index (χ4v) is 8.22. The molecule has 0 aromatic carbocycles. The van der Waals surface area contributed by atoms with E-state index < -0.39 is 6.10 Å². The topological polar surface area (TPSA) is 78.9 Å². The molecule has 0 N–H and O–H groups in total. The molecule has 0 aromatic rings. The Hall–Kier alpha value is -2.37. The van der Waals surface area contributed by atoms with Gasteiger partial charge in [0.2, 0.25) is 0 Å². The van der Waals surface area contributed by atoms with Gasteiger partial charge in [0.05, 0.1) is 0 Å². The number of carbonyl (C=O) groups excluding carboxylic acids is 3. The Morgan fingerprint density at radius 2 is 0.609 bits per heavy atom. The number of unbranched alkanes of at least 4 members (excludes halogenated alkanes) is 34. The molecule has 1 unspecified atom stereocenters. The van der Waals surface area contributed by atoms with Gasteiger partial charge in [-0.1, -0.05) is 263 Å². The SMILES string of the molecule is CC/C=C\C/C=C\C/C=C\CCCCCC(=O)OC(COC(=O)CCCCCCC)COC(=O)CCCCCCCCCCCCCCCCCCCCCCCCCCCCCC. The molecule has 6 nitrogen and oxygen atoms in total. The van der Waals surface area contributed by atoms with Gasteiger partial charge in [0.1, 0.15) is 13.2 Å². The summed E-state index contributed by atoms with van der Waals surface area (Å²) in [5.74, 6) is -0.915. The summed E-state index contributed by atoms with van der Waals surface area (Å²) in [6.45, 7) is 6.44. The smallest absolute Gasteiger partial charge is 0.306 e. The van der Waals surface area contributed by atoms with Gasteiger partial charge in [0.15, 0.2) is 6.10 Å². The second-order valence-corrected chi connectivity index (χ2v) is 18.8. The molecule has 1 atom stereocenters. The van der Waals surface area contributed by atoms with Crippen molar-refractivity contribution in [1.82, 2.24) is 0 Å². The molecule has 0 aliphatic heterocycles. The number of ether oxygens (including phenoxy) is 3. The zero-order chi connectivity index (χ0) is 46.5. The number of carbonyl (C=O) groups is 3. The van der Waals surface area contributed by atoms with Crippen molar-refractivity contribution in [2.45, 2.75) is 303 Å². The highest BCUT2D eigenvalue weighted by Gasteiger charge is 2.19. The number of hydrogen-bond donors (Lipinski definition) is 0. The molecule has 0 saturated carbocycles. The van der Waals surface area contributed by atoms with Crippen LogP contribution in [-0.2, 0) is 28.6 Å². The molecule has 0 aromatic heterocycles. The third kappa shape index (κ3) is 50.6. The minimum absolute atomic E-state index is 0.0813. The molecule has 0 fully saturated rings. The summed E-state index contributed by atoms with van der Waals surface area (Å²) in [5.41, 5.74) is 0. The summed E-state index contributed by atoms with van der Waals surface area (Å²) >= 11 is 0. The van der Waals surface area contributed by atoms with Gasteiger partial charge >= 0.3 is 17.9 Å². The molecular formula is C58H106O6. The fraction of sp³-hybridized carbons (Fsp3) is 0.845. The van der Waals surface area contributed by atoms with Crippen LogP contribution in [0.2, 0.25) is 0 Å². The van der Waals surface area contributed by atoms with Gasteiger partial charge in [-0.25, -0.2) is 0 Å². The van der Waals surface area contributed by atoms with Crippen LogP contribution in [0.1, 0.15) is 297 Å². The van der Waals surface area contributed by atoms with Crippen molar-refractivity contribution in [3.05, 3.63) is 36.5 Å². The van der Waals surface area contributed by atoms with E-state index in [1.54, 1.807) is 0 Å². The monoisotopic (exact) mass is 899 g/mol. The van der Waals surface area contributed by atoms with E-state index in [9.17, 15) is 14.4 Å². The lowest BCUT2D eigenvalue weighted by molar-refractivity contribution is -0.167. The van der Waals surface area contributed by atoms with Crippen molar-refractivity contribution in [3.63, 3.8) is 0 Å². The van der Waals surface area contributed by atoms with Gasteiger partial charge in [-0.05, 0) is 51.4 Å². The predicted octanol–water partition coefficient (Wildman–Crippen LogP) is 18.5. The number of hydrogen-bond acceptors (Lipinski definition) is 6. The summed E-state index contributed by atoms with van der Waals surface area (Å²) in [6, 6.07) is 0. The normalized spacial score (nSPS) is 12.2. The Labute approximate surface area is 397 Å². The maximum atomic E-state index is 12.7. The molecule has 0 spiro atoms. The van der Waals surface area contributed by atoms with E-state index in [1.807, 2.05) is 0 Å². The van der Waals surface area contributed by atoms with Crippen LogP contribution >= 0.6 is 0 Å². The minimum atomic E-state index is -0.780. The molecule has 64 heavy (non-hydrogen) atoms. The highest BCUT2D eigenvalue weighted by Crippen LogP contribution is 2.17. The fourth-order valence-electron chi connectivity index (χ4n) is 8.22. The quantitative estimate of drug-likeness (QED) is 0.0262. The Morgan fingerprint density at radius 1 is 0.328 bits per heavy atom. The molecule has 0 bridgehead atoms. The van der Waals surface area contributed by atoms with Crippen LogP contribution in [0.15, 0.2) is 36.5 Å². The predicted molar refractivity (Wildman–Crippen MR) is 275 cm³/mol. The first-order chi connectivity index (χ1) is 31.5. The second kappa shape index (κ2) is 53.2. The molecule has 0 heterocycles. The lowest BCUT2D eigenvalue weighted by atomic mass is 10.0. The van der Waals surface area contributed by atoms with Crippen LogP contribution < -0.4 is 0 Å². The minimum Gasteiger partial charge on any atom is -0.462 e. The average molecular weight is 899 g/mol. The van der Waals surface area contributed by atoms with Crippen molar-refractivity contribution < 1.29 is 28.6 Å². The third-order valence-corrected chi connectivity index (χ3v) is 12.4. The van der Waals surface area contributed by atoms with Crippen LogP contribution in [0.3, 0.4) is 0 Å². The van der Waals surface area contributed by atoms with Crippen molar-refractivity contribution in [2.24, 2.45) is 0 Å². The Kier molecular flexibility index (Phi) is 51.3. The lowest BCUT2D eigenvalue weighted by Crippen LogP contribution is -2.30. The van der Waals surface area contributed by atoms with Crippen molar-refractivity contribution in [2.75, 3.05) is 13.2 Å². The summed E-state index contributed by atoms with van der Waals surface area (Å²) in [7, 11) is 0. The maximum absolute atomic E-state index is 12.7. The number of rotatable bonds is 51. The summed E-state index contributed by atoms with van der Waals surface area (Å²) < 4.78 is 16.6. The van der Waals surface area contributed by atoms with E-state index >= 15 is 0 Å². The molecule has 6 heteroatoms. The summed E-state index contributed by atoms with van der Waals surface area (Å²) in [4.78, 5) is 37.6. The van der Waals surface area contributed by atoms with Crippen LogP contribution in [-0.4, -0.2) is 37.2 Å². The first kappa shape index (κ1) is 61.6. The van der Waals surface area contributed by atoms with Crippen LogP contribution in [0.5, 0.6) is 0 Å². The van der Waals surface area contributed by atoms with Gasteiger partial charge in [-0.2, -0.15) is 0 Å². The van der Waals surface area contributed by atoms with Crippen molar-refractivity contribution >= 4 is 17.9 Å². The Balaban J connectivity index is 3.95. The molecule has 0 amide bonds. The van der Waals surface area contributed by atoms with E-state index in [4.69, 9.17) is 14.2 Å².